The van der Waals surface area contributed by atoms with Crippen molar-refractivity contribution < 1.29 is 13.4 Å². The first kappa shape index (κ1) is 17.1. The van der Waals surface area contributed by atoms with Gasteiger partial charge in [0.05, 0.1) is 6.26 Å². The average Bonchev–Trinajstić information content (AvgIpc) is 3.33. The Labute approximate surface area is 152 Å². The zero-order valence-electron chi connectivity index (χ0n) is 14.4. The molecule has 4 rings (SSSR count). The Kier molecular flexibility index (Phi) is 4.24. The summed E-state index contributed by atoms with van der Waals surface area (Å²) in [6.45, 7) is 0.0880. The maximum absolute atomic E-state index is 12.6. The van der Waals surface area contributed by atoms with Crippen LogP contribution in [0.25, 0.3) is 0 Å². The number of urea groups is 1. The molecule has 0 aliphatic heterocycles. The third-order valence-corrected chi connectivity index (χ3v) is 6.49. The normalized spacial score (nSPS) is 17.4. The monoisotopic (exact) mass is 374 g/mol. The van der Waals surface area contributed by atoms with E-state index in [1.807, 2.05) is 0 Å². The summed E-state index contributed by atoms with van der Waals surface area (Å²) in [4.78, 5) is 12.5. The van der Waals surface area contributed by atoms with E-state index in [1.165, 1.54) is 28.5 Å². The molecule has 1 aromatic heterocycles. The highest BCUT2D eigenvalue weighted by molar-refractivity contribution is 7.91. The number of aryl methyl sites for hydroxylation is 2. The van der Waals surface area contributed by atoms with Gasteiger partial charge in [0.1, 0.15) is 0 Å². The predicted molar refractivity (Wildman–Crippen MR) is 98.4 cm³/mol. The van der Waals surface area contributed by atoms with E-state index in [1.54, 1.807) is 6.07 Å². The van der Waals surface area contributed by atoms with Crippen LogP contribution in [0, 0.1) is 4.78 Å². The van der Waals surface area contributed by atoms with Gasteiger partial charge in [-0.2, -0.15) is 0 Å². The standard InChI is InChI=1S/C18H22N4O3S/c19-10-13-7-8-25-17(13)26(20,24)22-18(23)21-16-14-5-1-3-11(14)9-12-4-2-6-15(12)16/h7-9H,1-6,10,19H2,(H3,20,21,22,23,24). The Morgan fingerprint density at radius 2 is 1.85 bits per heavy atom. The van der Waals surface area contributed by atoms with E-state index in [0.717, 1.165) is 44.2 Å². The van der Waals surface area contributed by atoms with Crippen molar-refractivity contribution in [3.63, 3.8) is 0 Å². The van der Waals surface area contributed by atoms with Crippen molar-refractivity contribution in [2.24, 2.45) is 5.73 Å². The van der Waals surface area contributed by atoms with Crippen LogP contribution in [0.4, 0.5) is 10.5 Å². The van der Waals surface area contributed by atoms with Gasteiger partial charge in [0.15, 0.2) is 9.92 Å². The fourth-order valence-corrected chi connectivity index (χ4v) is 5.12. The minimum atomic E-state index is -3.62. The lowest BCUT2D eigenvalue weighted by atomic mass is 9.99. The molecule has 1 aromatic carbocycles. The first-order valence-electron chi connectivity index (χ1n) is 8.80. The number of benzene rings is 1. The van der Waals surface area contributed by atoms with Crippen LogP contribution in [0.1, 0.15) is 40.7 Å². The lowest BCUT2D eigenvalue weighted by Gasteiger charge is -2.17. The van der Waals surface area contributed by atoms with Gasteiger partial charge in [-0.15, -0.1) is 0 Å². The number of carbonyl (C=O) groups is 1. The quantitative estimate of drug-likeness (QED) is 0.657. The van der Waals surface area contributed by atoms with Crippen molar-refractivity contribution in [1.82, 2.24) is 4.72 Å². The van der Waals surface area contributed by atoms with Crippen molar-refractivity contribution in [1.29, 1.82) is 4.78 Å². The number of rotatable bonds is 4. The van der Waals surface area contributed by atoms with E-state index in [4.69, 9.17) is 14.9 Å². The van der Waals surface area contributed by atoms with E-state index >= 15 is 0 Å². The van der Waals surface area contributed by atoms with Crippen molar-refractivity contribution in [2.75, 3.05) is 5.32 Å². The summed E-state index contributed by atoms with van der Waals surface area (Å²) in [5.41, 5.74) is 11.8. The second-order valence-corrected chi connectivity index (χ2v) is 8.47. The number of amides is 2. The SMILES string of the molecule is N=S(=O)(NC(=O)Nc1c2c(cc3c1CCC3)CCC2)c1occc1CN. The third kappa shape index (κ3) is 2.89. The van der Waals surface area contributed by atoms with E-state index in [2.05, 4.69) is 16.1 Å². The molecule has 1 heterocycles. The van der Waals surface area contributed by atoms with Crippen LogP contribution in [0.3, 0.4) is 0 Å². The topological polar surface area (TPSA) is 121 Å². The number of nitrogens with two attached hydrogens (primary N) is 1. The molecule has 8 heteroatoms. The smallest absolute Gasteiger partial charge is 0.332 e. The summed E-state index contributed by atoms with van der Waals surface area (Å²) >= 11 is 0. The molecule has 1 unspecified atom stereocenters. The molecule has 2 amide bonds. The van der Waals surface area contributed by atoms with Crippen molar-refractivity contribution in [3.8, 4) is 0 Å². The molecule has 0 saturated heterocycles. The van der Waals surface area contributed by atoms with Crippen molar-refractivity contribution >= 4 is 21.6 Å². The van der Waals surface area contributed by atoms with Crippen LogP contribution in [-0.2, 0) is 42.1 Å². The number of carbonyl (C=O) groups excluding carboxylic acids is 1. The number of furan rings is 1. The zero-order chi connectivity index (χ0) is 18.3. The summed E-state index contributed by atoms with van der Waals surface area (Å²) < 4.78 is 28.1. The maximum atomic E-state index is 12.6. The molecular formula is C18H22N4O3S. The van der Waals surface area contributed by atoms with Gasteiger partial charge in [0, 0.05) is 17.8 Å². The minimum absolute atomic E-state index is 0.0880. The Bertz CT molecular complexity index is 946. The fraction of sp³-hybridized carbons (Fsp3) is 0.389. The Morgan fingerprint density at radius 3 is 2.46 bits per heavy atom. The van der Waals surface area contributed by atoms with Crippen LogP contribution in [0.2, 0.25) is 0 Å². The van der Waals surface area contributed by atoms with E-state index in [0.29, 0.717) is 5.56 Å². The van der Waals surface area contributed by atoms with Gasteiger partial charge in [0.25, 0.3) is 0 Å². The first-order valence-corrected chi connectivity index (χ1v) is 10.4. The Hall–Kier alpha value is -2.32. The molecule has 0 bridgehead atoms. The van der Waals surface area contributed by atoms with Gasteiger partial charge in [-0.05, 0) is 66.8 Å². The van der Waals surface area contributed by atoms with E-state index in [9.17, 15) is 9.00 Å². The Morgan fingerprint density at radius 1 is 1.19 bits per heavy atom. The number of nitrogens with one attached hydrogen (secondary N) is 3. The number of anilines is 1. The van der Waals surface area contributed by atoms with Gasteiger partial charge in [0.2, 0.25) is 5.09 Å². The van der Waals surface area contributed by atoms with Gasteiger partial charge < -0.3 is 15.5 Å². The average molecular weight is 374 g/mol. The number of fused-ring (bicyclic) bond motifs is 2. The highest BCUT2D eigenvalue weighted by atomic mass is 32.2. The summed E-state index contributed by atoms with van der Waals surface area (Å²) in [5.74, 6) is 0. The molecule has 1 atom stereocenters. The fourth-order valence-electron chi connectivity index (χ4n) is 4.01. The van der Waals surface area contributed by atoms with Crippen molar-refractivity contribution in [2.45, 2.75) is 50.2 Å². The summed E-state index contributed by atoms with van der Waals surface area (Å²) in [6.07, 6.45) is 7.41. The largest absolute Gasteiger partial charge is 0.452 e. The Balaban J connectivity index is 1.60. The lowest BCUT2D eigenvalue weighted by molar-refractivity contribution is 0.256. The van der Waals surface area contributed by atoms with E-state index < -0.39 is 15.9 Å². The molecular weight excluding hydrogens is 352 g/mol. The molecule has 0 spiro atoms. The number of hydrogen-bond donors (Lipinski definition) is 4. The molecule has 26 heavy (non-hydrogen) atoms. The second kappa shape index (κ2) is 6.44. The van der Waals surface area contributed by atoms with Crippen molar-refractivity contribution in [3.05, 3.63) is 46.2 Å². The number of hydrogen-bond acceptors (Lipinski definition) is 5. The van der Waals surface area contributed by atoms with Crippen LogP contribution in [0.5, 0.6) is 0 Å². The minimum Gasteiger partial charge on any atom is -0.452 e. The second-order valence-electron chi connectivity index (χ2n) is 6.78. The first-order chi connectivity index (χ1) is 12.5. The van der Waals surface area contributed by atoms with Gasteiger partial charge in [-0.3, -0.25) is 0 Å². The zero-order valence-corrected chi connectivity index (χ0v) is 15.2. The summed E-state index contributed by atoms with van der Waals surface area (Å²) in [6, 6.07) is 3.18. The predicted octanol–water partition coefficient (Wildman–Crippen LogP) is 2.86. The van der Waals surface area contributed by atoms with Gasteiger partial charge in [-0.1, -0.05) is 6.07 Å². The molecule has 2 aromatic rings. The third-order valence-electron chi connectivity index (χ3n) is 5.14. The van der Waals surface area contributed by atoms with Crippen LogP contribution in [0.15, 0.2) is 27.9 Å². The molecule has 2 aliphatic carbocycles. The van der Waals surface area contributed by atoms with E-state index in [-0.39, 0.29) is 11.6 Å². The lowest BCUT2D eigenvalue weighted by Crippen LogP contribution is -2.34. The van der Waals surface area contributed by atoms with Crippen LogP contribution in [-0.4, -0.2) is 10.2 Å². The summed E-state index contributed by atoms with van der Waals surface area (Å²) in [7, 11) is -3.62. The molecule has 0 fully saturated rings. The van der Waals surface area contributed by atoms with Gasteiger partial charge in [-0.25, -0.2) is 18.5 Å². The maximum Gasteiger partial charge on any atom is 0.332 e. The van der Waals surface area contributed by atoms with Crippen LogP contribution < -0.4 is 15.8 Å². The van der Waals surface area contributed by atoms with Gasteiger partial charge >= 0.3 is 6.03 Å². The highest BCUT2D eigenvalue weighted by Gasteiger charge is 2.26. The molecule has 138 valence electrons. The van der Waals surface area contributed by atoms with Crippen LogP contribution >= 0.6 is 0 Å². The molecule has 2 aliphatic rings. The molecule has 0 saturated carbocycles. The molecule has 5 N–H and O–H groups in total. The molecule has 7 nitrogen and oxygen atoms in total. The molecule has 0 radical (unpaired) electrons. The highest BCUT2D eigenvalue weighted by Crippen LogP contribution is 2.38. The summed E-state index contributed by atoms with van der Waals surface area (Å²) in [5, 5.41) is 2.78.